The molecular weight excluding hydrogens is 372 g/mol. The van der Waals surface area contributed by atoms with Gasteiger partial charge in [-0.3, -0.25) is 4.79 Å². The molecule has 2 aromatic carbocycles. The van der Waals surface area contributed by atoms with Crippen molar-refractivity contribution >= 4 is 15.9 Å². The van der Waals surface area contributed by atoms with Crippen molar-refractivity contribution in [2.45, 2.75) is 56.4 Å². The van der Waals surface area contributed by atoms with Gasteiger partial charge in [0.15, 0.2) is 0 Å². The number of hydrogen-bond donors (Lipinski definition) is 2. The zero-order valence-corrected chi connectivity index (χ0v) is 17.8. The zero-order chi connectivity index (χ0) is 20.8. The van der Waals surface area contributed by atoms with E-state index in [-0.39, 0.29) is 22.3 Å². The fourth-order valence-electron chi connectivity index (χ4n) is 3.38. The first-order valence-electron chi connectivity index (χ1n) is 9.51. The number of sulfonamides is 1. The van der Waals surface area contributed by atoms with E-state index in [1.165, 1.54) is 12.6 Å². The highest BCUT2D eigenvalue weighted by molar-refractivity contribution is 7.89. The lowest BCUT2D eigenvalue weighted by atomic mass is 9.79. The first kappa shape index (κ1) is 22.1. The number of carbonyl (C=O) groups is 1. The van der Waals surface area contributed by atoms with Crippen LogP contribution in [0, 0.1) is 0 Å². The molecule has 0 aliphatic rings. The predicted octanol–water partition coefficient (Wildman–Crippen LogP) is 3.40. The van der Waals surface area contributed by atoms with Crippen LogP contribution in [0.3, 0.4) is 0 Å². The van der Waals surface area contributed by atoms with Crippen molar-refractivity contribution in [3.8, 4) is 0 Å². The molecule has 2 aromatic rings. The second-order valence-corrected chi connectivity index (χ2v) is 9.66. The van der Waals surface area contributed by atoms with E-state index >= 15 is 0 Å². The summed E-state index contributed by atoms with van der Waals surface area (Å²) in [7, 11) is -2.05. The molecule has 0 bridgehead atoms. The molecule has 0 fully saturated rings. The van der Waals surface area contributed by atoms with Crippen molar-refractivity contribution in [3.05, 3.63) is 65.7 Å². The van der Waals surface area contributed by atoms with Gasteiger partial charge in [-0.2, -0.15) is 0 Å². The van der Waals surface area contributed by atoms with Gasteiger partial charge in [-0.25, -0.2) is 13.1 Å². The molecule has 0 spiro atoms. The van der Waals surface area contributed by atoms with Crippen LogP contribution in [0.15, 0.2) is 59.5 Å². The molecule has 0 aliphatic carbocycles. The maximum atomic E-state index is 12.3. The molecule has 6 heteroatoms. The summed E-state index contributed by atoms with van der Waals surface area (Å²) in [6.07, 6.45) is 1.79. The van der Waals surface area contributed by atoms with Gasteiger partial charge in [0.05, 0.1) is 4.90 Å². The van der Waals surface area contributed by atoms with Crippen LogP contribution in [0.1, 0.15) is 44.7 Å². The van der Waals surface area contributed by atoms with E-state index in [0.29, 0.717) is 12.8 Å². The van der Waals surface area contributed by atoms with Crippen molar-refractivity contribution in [3.63, 3.8) is 0 Å². The number of benzene rings is 2. The van der Waals surface area contributed by atoms with Crippen molar-refractivity contribution in [1.82, 2.24) is 10.0 Å². The quantitative estimate of drug-likeness (QED) is 0.675. The number of nitrogens with one attached hydrogen (secondary N) is 2. The summed E-state index contributed by atoms with van der Waals surface area (Å²) in [6, 6.07) is 17.0. The number of aryl methyl sites for hydroxylation is 1. The summed E-state index contributed by atoms with van der Waals surface area (Å²) in [4.78, 5) is 12.5. The van der Waals surface area contributed by atoms with E-state index in [9.17, 15) is 13.2 Å². The second-order valence-electron chi connectivity index (χ2n) is 7.77. The minimum atomic E-state index is -3.43. The van der Waals surface area contributed by atoms with Gasteiger partial charge in [0.2, 0.25) is 15.9 Å². The molecule has 0 saturated carbocycles. The van der Waals surface area contributed by atoms with Crippen LogP contribution in [0.4, 0.5) is 0 Å². The smallest absolute Gasteiger partial charge is 0.240 e. The number of amides is 1. The van der Waals surface area contributed by atoms with E-state index in [0.717, 1.165) is 12.0 Å². The predicted molar refractivity (Wildman–Crippen MR) is 113 cm³/mol. The normalized spacial score (nSPS) is 13.1. The van der Waals surface area contributed by atoms with Gasteiger partial charge >= 0.3 is 0 Å². The molecule has 0 saturated heterocycles. The Bertz CT molecular complexity index is 876. The summed E-state index contributed by atoms with van der Waals surface area (Å²) in [6.45, 7) is 6.40. The van der Waals surface area contributed by atoms with Gasteiger partial charge in [0.25, 0.3) is 0 Å². The number of carbonyl (C=O) groups excluding carboxylic acids is 1. The Labute approximate surface area is 168 Å². The number of hydrogen-bond acceptors (Lipinski definition) is 3. The van der Waals surface area contributed by atoms with Gasteiger partial charge < -0.3 is 5.32 Å². The lowest BCUT2D eigenvalue weighted by molar-refractivity contribution is -0.121. The van der Waals surface area contributed by atoms with Gasteiger partial charge in [-0.1, -0.05) is 56.3 Å². The van der Waals surface area contributed by atoms with Gasteiger partial charge in [-0.15, -0.1) is 0 Å². The van der Waals surface area contributed by atoms with E-state index in [1.54, 1.807) is 24.3 Å². The van der Waals surface area contributed by atoms with E-state index in [1.807, 2.05) is 25.1 Å². The van der Waals surface area contributed by atoms with Crippen LogP contribution in [0.25, 0.3) is 0 Å². The molecule has 1 atom stereocenters. The van der Waals surface area contributed by atoms with Crippen molar-refractivity contribution in [2.75, 3.05) is 7.05 Å². The molecule has 5 nitrogen and oxygen atoms in total. The minimum Gasteiger partial charge on any atom is -0.354 e. The summed E-state index contributed by atoms with van der Waals surface area (Å²) in [5.41, 5.74) is 2.16. The highest BCUT2D eigenvalue weighted by Crippen LogP contribution is 2.28. The lowest BCUT2D eigenvalue weighted by Gasteiger charge is -2.29. The van der Waals surface area contributed by atoms with Crippen molar-refractivity contribution in [1.29, 1.82) is 0 Å². The zero-order valence-electron chi connectivity index (χ0n) is 17.0. The fourth-order valence-corrected chi connectivity index (χ4v) is 4.11. The summed E-state index contributed by atoms with van der Waals surface area (Å²) in [5.74, 6) is 0.00304. The lowest BCUT2D eigenvalue weighted by Crippen LogP contribution is -2.37. The number of rotatable bonds is 9. The highest BCUT2D eigenvalue weighted by atomic mass is 32.2. The molecule has 1 amide bonds. The Morgan fingerprint density at radius 2 is 1.64 bits per heavy atom. The van der Waals surface area contributed by atoms with Crippen LogP contribution in [0.2, 0.25) is 0 Å². The van der Waals surface area contributed by atoms with Crippen LogP contribution < -0.4 is 10.0 Å². The molecule has 1 unspecified atom stereocenters. The van der Waals surface area contributed by atoms with Crippen molar-refractivity contribution in [2.24, 2.45) is 0 Å². The Balaban J connectivity index is 1.85. The van der Waals surface area contributed by atoms with Crippen LogP contribution in [0.5, 0.6) is 0 Å². The summed E-state index contributed by atoms with van der Waals surface area (Å²) >= 11 is 0. The van der Waals surface area contributed by atoms with Gasteiger partial charge in [-0.05, 0) is 55.5 Å². The first-order chi connectivity index (χ1) is 13.1. The summed E-state index contributed by atoms with van der Waals surface area (Å²) < 4.78 is 25.8. The average molecular weight is 403 g/mol. The largest absolute Gasteiger partial charge is 0.354 e. The molecule has 0 aromatic heterocycles. The third-order valence-electron chi connectivity index (χ3n) is 4.92. The highest BCUT2D eigenvalue weighted by Gasteiger charge is 2.23. The van der Waals surface area contributed by atoms with Crippen LogP contribution in [-0.4, -0.2) is 27.4 Å². The molecule has 0 heterocycles. The molecule has 152 valence electrons. The monoisotopic (exact) mass is 402 g/mol. The minimum absolute atomic E-state index is 0.00304. The average Bonchev–Trinajstić information content (AvgIpc) is 2.67. The topological polar surface area (TPSA) is 75.3 Å². The Kier molecular flexibility index (Phi) is 7.38. The van der Waals surface area contributed by atoms with E-state index in [2.05, 4.69) is 36.0 Å². The third-order valence-corrected chi connectivity index (χ3v) is 6.35. The van der Waals surface area contributed by atoms with E-state index < -0.39 is 10.0 Å². The van der Waals surface area contributed by atoms with Crippen LogP contribution >= 0.6 is 0 Å². The molecule has 0 aliphatic heterocycles. The van der Waals surface area contributed by atoms with Gasteiger partial charge in [0.1, 0.15) is 0 Å². The Morgan fingerprint density at radius 3 is 2.21 bits per heavy atom. The molecular formula is C22H30N2O3S. The molecule has 2 rings (SSSR count). The maximum absolute atomic E-state index is 12.3. The summed E-state index contributed by atoms with van der Waals surface area (Å²) in [5, 5.41) is 3.08. The third kappa shape index (κ3) is 6.17. The SMILES string of the molecule is CNS(=O)(=O)c1ccc(CCC(=O)NC(C)CC(C)(C)c2ccccc2)cc1. The molecule has 28 heavy (non-hydrogen) atoms. The Morgan fingerprint density at radius 1 is 1.04 bits per heavy atom. The fraction of sp³-hybridized carbons (Fsp3) is 0.409. The Hall–Kier alpha value is -2.18. The first-order valence-corrected chi connectivity index (χ1v) is 11.0. The molecule has 0 radical (unpaired) electrons. The molecule has 2 N–H and O–H groups in total. The second kappa shape index (κ2) is 9.34. The van der Waals surface area contributed by atoms with Gasteiger partial charge in [0, 0.05) is 12.5 Å². The maximum Gasteiger partial charge on any atom is 0.240 e. The van der Waals surface area contributed by atoms with E-state index in [4.69, 9.17) is 0 Å². The standard InChI is InChI=1S/C22H30N2O3S/c1-17(16-22(2,3)19-8-6-5-7-9-19)24-21(25)15-12-18-10-13-20(14-11-18)28(26,27)23-4/h5-11,13-14,17,23H,12,15-16H2,1-4H3,(H,24,25). The van der Waals surface area contributed by atoms with Crippen molar-refractivity contribution < 1.29 is 13.2 Å². The van der Waals surface area contributed by atoms with Crippen LogP contribution in [-0.2, 0) is 26.7 Å².